The minimum Gasteiger partial charge on any atom is -0.322 e. The topological polar surface area (TPSA) is 32.3 Å². The van der Waals surface area contributed by atoms with E-state index in [1.807, 2.05) is 0 Å². The highest BCUT2D eigenvalue weighted by molar-refractivity contribution is 5.89. The van der Waals surface area contributed by atoms with Gasteiger partial charge < -0.3 is 4.90 Å². The zero-order chi connectivity index (χ0) is 12.2. The van der Waals surface area contributed by atoms with Crippen molar-refractivity contribution in [2.24, 2.45) is 5.92 Å². The van der Waals surface area contributed by atoms with Crippen LogP contribution in [-0.4, -0.2) is 28.6 Å². The minimum atomic E-state index is -0.143. The molecule has 1 amide bonds. The molecule has 4 fully saturated rings. The third-order valence-corrected chi connectivity index (χ3v) is 5.61. The number of nitrogens with one attached hydrogen (secondary N) is 1. The van der Waals surface area contributed by atoms with Crippen molar-refractivity contribution in [1.29, 1.82) is 0 Å². The zero-order valence-electron chi connectivity index (χ0n) is 11.2. The Bertz CT molecular complexity index is 352. The average molecular weight is 248 g/mol. The lowest BCUT2D eigenvalue weighted by Crippen LogP contribution is -2.46. The van der Waals surface area contributed by atoms with Crippen molar-refractivity contribution >= 4 is 5.91 Å². The monoisotopic (exact) mass is 248 g/mol. The third-order valence-electron chi connectivity index (χ3n) is 5.61. The maximum Gasteiger partial charge on any atom is 0.244 e. The van der Waals surface area contributed by atoms with Gasteiger partial charge in [-0.3, -0.25) is 10.1 Å². The molecule has 100 valence electrons. The number of amides is 1. The lowest BCUT2D eigenvalue weighted by molar-refractivity contribution is -0.134. The standard InChI is InChI=1S/C15H24N2O/c18-14-15(9-3-4-10-15)16-13(11-5-1-2-6-11)17(14)12-7-8-12/h11-13,16H,1-10H2. The highest BCUT2D eigenvalue weighted by Gasteiger charge is 2.57. The second kappa shape index (κ2) is 3.96. The van der Waals surface area contributed by atoms with Crippen molar-refractivity contribution in [3.8, 4) is 0 Å². The summed E-state index contributed by atoms with van der Waals surface area (Å²) in [5, 5.41) is 3.81. The van der Waals surface area contributed by atoms with Gasteiger partial charge >= 0.3 is 0 Å². The highest BCUT2D eigenvalue weighted by Crippen LogP contribution is 2.45. The molecule has 0 radical (unpaired) electrons. The minimum absolute atomic E-state index is 0.143. The molecule has 3 saturated carbocycles. The number of carbonyl (C=O) groups is 1. The Kier molecular flexibility index (Phi) is 2.48. The van der Waals surface area contributed by atoms with Gasteiger partial charge in [0.15, 0.2) is 0 Å². The molecule has 0 bridgehead atoms. The normalized spacial score (nSPS) is 36.1. The van der Waals surface area contributed by atoms with Gasteiger partial charge in [-0.05, 0) is 44.4 Å². The Hall–Kier alpha value is -0.570. The van der Waals surface area contributed by atoms with E-state index in [9.17, 15) is 4.79 Å². The predicted octanol–water partition coefficient (Wildman–Crippen LogP) is 2.41. The first-order valence-corrected chi connectivity index (χ1v) is 7.91. The van der Waals surface area contributed by atoms with Crippen molar-refractivity contribution in [2.45, 2.75) is 82.0 Å². The molecule has 1 heterocycles. The van der Waals surface area contributed by atoms with Crippen LogP contribution in [0.2, 0.25) is 0 Å². The van der Waals surface area contributed by atoms with Gasteiger partial charge in [-0.1, -0.05) is 25.7 Å². The number of rotatable bonds is 2. The Balaban J connectivity index is 1.62. The summed E-state index contributed by atoms with van der Waals surface area (Å²) in [5.74, 6) is 1.19. The molecule has 0 aromatic heterocycles. The fraction of sp³-hybridized carbons (Fsp3) is 0.933. The Morgan fingerprint density at radius 2 is 1.67 bits per heavy atom. The maximum absolute atomic E-state index is 12.8. The second-order valence-corrected chi connectivity index (χ2v) is 6.87. The van der Waals surface area contributed by atoms with Crippen molar-refractivity contribution in [3.05, 3.63) is 0 Å². The molecule has 1 N–H and O–H groups in total. The van der Waals surface area contributed by atoms with Gasteiger partial charge in [0.1, 0.15) is 0 Å². The molecule has 1 atom stereocenters. The Morgan fingerprint density at radius 1 is 1.00 bits per heavy atom. The molecule has 4 aliphatic rings. The van der Waals surface area contributed by atoms with Crippen LogP contribution < -0.4 is 5.32 Å². The van der Waals surface area contributed by atoms with E-state index in [2.05, 4.69) is 10.2 Å². The maximum atomic E-state index is 12.8. The van der Waals surface area contributed by atoms with Gasteiger partial charge in [0.25, 0.3) is 0 Å². The van der Waals surface area contributed by atoms with Crippen LogP contribution in [0.4, 0.5) is 0 Å². The van der Waals surface area contributed by atoms with Crippen LogP contribution in [0.25, 0.3) is 0 Å². The molecule has 18 heavy (non-hydrogen) atoms. The van der Waals surface area contributed by atoms with E-state index in [0.29, 0.717) is 18.1 Å². The SMILES string of the molecule is O=C1N(C2CC2)C(C2CCCC2)NC12CCCC2. The first-order chi connectivity index (χ1) is 8.80. The lowest BCUT2D eigenvalue weighted by atomic mass is 9.97. The summed E-state index contributed by atoms with van der Waals surface area (Å²) < 4.78 is 0. The van der Waals surface area contributed by atoms with E-state index in [-0.39, 0.29) is 5.54 Å². The smallest absolute Gasteiger partial charge is 0.244 e. The summed E-state index contributed by atoms with van der Waals surface area (Å²) in [6.07, 6.45) is 12.9. The van der Waals surface area contributed by atoms with Gasteiger partial charge in [-0.25, -0.2) is 0 Å². The lowest BCUT2D eigenvalue weighted by Gasteiger charge is -2.29. The summed E-state index contributed by atoms with van der Waals surface area (Å²) in [4.78, 5) is 15.1. The van der Waals surface area contributed by atoms with Gasteiger partial charge in [0.05, 0.1) is 11.7 Å². The quantitative estimate of drug-likeness (QED) is 0.814. The molecule has 3 aliphatic carbocycles. The molecular formula is C15H24N2O. The molecule has 1 saturated heterocycles. The van der Waals surface area contributed by atoms with Crippen LogP contribution in [0.3, 0.4) is 0 Å². The largest absolute Gasteiger partial charge is 0.322 e. The van der Waals surface area contributed by atoms with Crippen LogP contribution >= 0.6 is 0 Å². The van der Waals surface area contributed by atoms with Crippen LogP contribution in [0.1, 0.15) is 64.2 Å². The summed E-state index contributed by atoms with van der Waals surface area (Å²) in [7, 11) is 0. The van der Waals surface area contributed by atoms with Gasteiger partial charge in [0.2, 0.25) is 5.91 Å². The summed E-state index contributed by atoms with van der Waals surface area (Å²) >= 11 is 0. The number of nitrogens with zero attached hydrogens (tertiary/aromatic N) is 1. The molecule has 3 heteroatoms. The van der Waals surface area contributed by atoms with Crippen LogP contribution in [0, 0.1) is 5.92 Å². The number of carbonyl (C=O) groups excluding carboxylic acids is 1. The van der Waals surface area contributed by atoms with Gasteiger partial charge in [-0.2, -0.15) is 0 Å². The molecule has 4 rings (SSSR count). The van der Waals surface area contributed by atoms with Crippen molar-refractivity contribution in [2.75, 3.05) is 0 Å². The molecule has 3 nitrogen and oxygen atoms in total. The molecule has 1 unspecified atom stereocenters. The molecule has 1 aliphatic heterocycles. The summed E-state index contributed by atoms with van der Waals surface area (Å²) in [6.45, 7) is 0. The zero-order valence-corrected chi connectivity index (χ0v) is 11.2. The average Bonchev–Trinajstić information content (AvgIpc) is 2.85. The van der Waals surface area contributed by atoms with Crippen molar-refractivity contribution < 1.29 is 4.79 Å². The molecular weight excluding hydrogens is 224 g/mol. The van der Waals surface area contributed by atoms with Gasteiger partial charge in [-0.15, -0.1) is 0 Å². The van der Waals surface area contributed by atoms with E-state index >= 15 is 0 Å². The highest BCUT2D eigenvalue weighted by atomic mass is 16.2. The molecule has 1 spiro atoms. The molecule has 0 aromatic carbocycles. The van der Waals surface area contributed by atoms with E-state index in [1.165, 1.54) is 51.4 Å². The second-order valence-electron chi connectivity index (χ2n) is 6.87. The van der Waals surface area contributed by atoms with Gasteiger partial charge in [0, 0.05) is 6.04 Å². The fourth-order valence-corrected chi connectivity index (χ4v) is 4.49. The Labute approximate surface area is 109 Å². The first-order valence-electron chi connectivity index (χ1n) is 7.91. The van der Waals surface area contributed by atoms with Crippen molar-refractivity contribution in [1.82, 2.24) is 10.2 Å². The van der Waals surface area contributed by atoms with Crippen LogP contribution in [0.15, 0.2) is 0 Å². The van der Waals surface area contributed by atoms with Crippen LogP contribution in [0.5, 0.6) is 0 Å². The van der Waals surface area contributed by atoms with Crippen LogP contribution in [-0.2, 0) is 4.79 Å². The fourth-order valence-electron chi connectivity index (χ4n) is 4.49. The third kappa shape index (κ3) is 1.56. The molecule has 0 aromatic rings. The van der Waals surface area contributed by atoms with E-state index < -0.39 is 0 Å². The predicted molar refractivity (Wildman–Crippen MR) is 69.9 cm³/mol. The number of hydrogen-bond acceptors (Lipinski definition) is 2. The number of hydrogen-bond donors (Lipinski definition) is 1. The summed E-state index contributed by atoms with van der Waals surface area (Å²) in [6, 6.07) is 0.579. The van der Waals surface area contributed by atoms with E-state index in [1.54, 1.807) is 0 Å². The van der Waals surface area contributed by atoms with Crippen molar-refractivity contribution in [3.63, 3.8) is 0 Å². The van der Waals surface area contributed by atoms with E-state index in [4.69, 9.17) is 0 Å². The first kappa shape index (κ1) is 11.3. The Morgan fingerprint density at radius 3 is 2.28 bits per heavy atom. The summed E-state index contributed by atoms with van der Waals surface area (Å²) in [5.41, 5.74) is -0.143. The van der Waals surface area contributed by atoms with E-state index in [0.717, 1.165) is 18.8 Å².